The van der Waals surface area contributed by atoms with Crippen LogP contribution in [0.4, 0.5) is 11.4 Å². The van der Waals surface area contributed by atoms with Gasteiger partial charge in [0.2, 0.25) is 0 Å². The maximum absolute atomic E-state index is 12.0. The van der Waals surface area contributed by atoms with Crippen molar-refractivity contribution in [3.05, 3.63) is 54.4 Å². The third-order valence-corrected chi connectivity index (χ3v) is 3.34. The van der Waals surface area contributed by atoms with Gasteiger partial charge in [-0.3, -0.25) is 9.78 Å². The summed E-state index contributed by atoms with van der Waals surface area (Å²) in [5, 5.41) is 2.87. The van der Waals surface area contributed by atoms with E-state index in [1.54, 1.807) is 24.5 Å². The first kappa shape index (κ1) is 15.0. The van der Waals surface area contributed by atoms with E-state index in [-0.39, 0.29) is 5.91 Å². The third kappa shape index (κ3) is 3.81. The van der Waals surface area contributed by atoms with Gasteiger partial charge in [-0.1, -0.05) is 0 Å². The number of amides is 1. The van der Waals surface area contributed by atoms with Gasteiger partial charge in [0.05, 0.1) is 5.56 Å². The zero-order valence-corrected chi connectivity index (χ0v) is 12.7. The Morgan fingerprint density at radius 2 is 1.95 bits per heavy atom. The Hall–Kier alpha value is -2.36. The standard InChI is InChI=1S/C17H21N3O/c1-4-20(13(2)3)16-9-7-15(8-10-16)19-17(21)14-6-5-11-18-12-14/h5-13H,4H2,1-3H3,(H,19,21). The van der Waals surface area contributed by atoms with Crippen molar-refractivity contribution in [3.8, 4) is 0 Å². The zero-order chi connectivity index (χ0) is 15.2. The van der Waals surface area contributed by atoms with E-state index in [0.29, 0.717) is 11.6 Å². The van der Waals surface area contributed by atoms with Crippen molar-refractivity contribution in [2.45, 2.75) is 26.8 Å². The van der Waals surface area contributed by atoms with Crippen molar-refractivity contribution in [2.75, 3.05) is 16.8 Å². The van der Waals surface area contributed by atoms with Crippen LogP contribution in [0.2, 0.25) is 0 Å². The number of pyridine rings is 1. The molecule has 2 aromatic rings. The summed E-state index contributed by atoms with van der Waals surface area (Å²) in [5.74, 6) is -0.146. The monoisotopic (exact) mass is 283 g/mol. The number of carbonyl (C=O) groups is 1. The van der Waals surface area contributed by atoms with E-state index in [1.807, 2.05) is 24.3 Å². The maximum Gasteiger partial charge on any atom is 0.257 e. The highest BCUT2D eigenvalue weighted by atomic mass is 16.1. The lowest BCUT2D eigenvalue weighted by atomic mass is 10.2. The highest BCUT2D eigenvalue weighted by Crippen LogP contribution is 2.20. The number of rotatable bonds is 5. The molecular weight excluding hydrogens is 262 g/mol. The van der Waals surface area contributed by atoms with Crippen LogP contribution in [-0.2, 0) is 0 Å². The lowest BCUT2D eigenvalue weighted by Crippen LogP contribution is -2.30. The Bertz CT molecular complexity index is 579. The first-order chi connectivity index (χ1) is 10.1. The third-order valence-electron chi connectivity index (χ3n) is 3.34. The van der Waals surface area contributed by atoms with Crippen LogP contribution in [-0.4, -0.2) is 23.5 Å². The van der Waals surface area contributed by atoms with Gasteiger partial charge in [0.15, 0.2) is 0 Å². The van der Waals surface area contributed by atoms with Crippen LogP contribution in [0.5, 0.6) is 0 Å². The molecule has 1 aromatic carbocycles. The predicted octanol–water partition coefficient (Wildman–Crippen LogP) is 3.57. The average Bonchev–Trinajstić information content (AvgIpc) is 2.50. The summed E-state index contributed by atoms with van der Waals surface area (Å²) in [6.45, 7) is 7.43. The molecule has 1 N–H and O–H groups in total. The second-order valence-electron chi connectivity index (χ2n) is 5.12. The highest BCUT2D eigenvalue weighted by Gasteiger charge is 2.09. The summed E-state index contributed by atoms with van der Waals surface area (Å²) in [5.41, 5.74) is 2.50. The number of nitrogens with one attached hydrogen (secondary N) is 1. The summed E-state index contributed by atoms with van der Waals surface area (Å²) in [7, 11) is 0. The van der Waals surface area contributed by atoms with Crippen LogP contribution in [0.25, 0.3) is 0 Å². The number of hydrogen-bond donors (Lipinski definition) is 1. The van der Waals surface area contributed by atoms with Gasteiger partial charge >= 0.3 is 0 Å². The molecule has 0 saturated heterocycles. The molecule has 0 aliphatic rings. The predicted molar refractivity (Wildman–Crippen MR) is 86.8 cm³/mol. The molecule has 0 aliphatic carbocycles. The van der Waals surface area contributed by atoms with Gasteiger partial charge in [-0.2, -0.15) is 0 Å². The van der Waals surface area contributed by atoms with Gasteiger partial charge in [0, 0.05) is 36.4 Å². The molecule has 0 spiro atoms. The molecule has 1 heterocycles. The van der Waals surface area contributed by atoms with Crippen molar-refractivity contribution in [3.63, 3.8) is 0 Å². The van der Waals surface area contributed by atoms with Crippen LogP contribution in [0.3, 0.4) is 0 Å². The van der Waals surface area contributed by atoms with Crippen molar-refractivity contribution in [1.29, 1.82) is 0 Å². The zero-order valence-electron chi connectivity index (χ0n) is 12.7. The molecule has 21 heavy (non-hydrogen) atoms. The fourth-order valence-corrected chi connectivity index (χ4v) is 2.28. The topological polar surface area (TPSA) is 45.2 Å². The van der Waals surface area contributed by atoms with Gasteiger partial charge in [-0.05, 0) is 57.2 Å². The number of benzene rings is 1. The second-order valence-corrected chi connectivity index (χ2v) is 5.12. The SMILES string of the molecule is CCN(c1ccc(NC(=O)c2cccnc2)cc1)C(C)C. The molecule has 0 saturated carbocycles. The smallest absolute Gasteiger partial charge is 0.257 e. The van der Waals surface area contributed by atoms with E-state index in [0.717, 1.165) is 17.9 Å². The van der Waals surface area contributed by atoms with Crippen LogP contribution in [0, 0.1) is 0 Å². The second kappa shape index (κ2) is 6.88. The van der Waals surface area contributed by atoms with Crippen molar-refractivity contribution >= 4 is 17.3 Å². The molecule has 0 bridgehead atoms. The van der Waals surface area contributed by atoms with Crippen LogP contribution < -0.4 is 10.2 Å². The molecule has 0 radical (unpaired) electrons. The minimum absolute atomic E-state index is 0.146. The lowest BCUT2D eigenvalue weighted by Gasteiger charge is -2.27. The lowest BCUT2D eigenvalue weighted by molar-refractivity contribution is 0.102. The Kier molecular flexibility index (Phi) is 4.93. The Balaban J connectivity index is 2.08. The van der Waals surface area contributed by atoms with E-state index in [1.165, 1.54) is 0 Å². The number of nitrogens with zero attached hydrogens (tertiary/aromatic N) is 2. The molecule has 0 aliphatic heterocycles. The van der Waals surface area contributed by atoms with Gasteiger partial charge < -0.3 is 10.2 Å². The van der Waals surface area contributed by atoms with Gasteiger partial charge in [-0.25, -0.2) is 0 Å². The number of anilines is 2. The Labute approximate surface area is 125 Å². The Morgan fingerprint density at radius 3 is 2.48 bits per heavy atom. The normalized spacial score (nSPS) is 10.5. The van der Waals surface area contributed by atoms with Gasteiger partial charge in [0.25, 0.3) is 5.91 Å². The summed E-state index contributed by atoms with van der Waals surface area (Å²) in [4.78, 5) is 18.3. The minimum atomic E-state index is -0.146. The molecule has 1 amide bonds. The molecule has 1 aromatic heterocycles. The number of hydrogen-bond acceptors (Lipinski definition) is 3. The molecule has 0 unspecified atom stereocenters. The van der Waals surface area contributed by atoms with Gasteiger partial charge in [0.1, 0.15) is 0 Å². The Morgan fingerprint density at radius 1 is 1.24 bits per heavy atom. The quantitative estimate of drug-likeness (QED) is 0.912. The molecule has 0 atom stereocenters. The molecule has 110 valence electrons. The average molecular weight is 283 g/mol. The van der Waals surface area contributed by atoms with E-state index in [9.17, 15) is 4.79 Å². The van der Waals surface area contributed by atoms with E-state index in [2.05, 4.69) is 36.0 Å². The molecule has 0 fully saturated rings. The first-order valence-electron chi connectivity index (χ1n) is 7.20. The summed E-state index contributed by atoms with van der Waals surface area (Å²) in [6, 6.07) is 11.9. The fraction of sp³-hybridized carbons (Fsp3) is 0.294. The van der Waals surface area contributed by atoms with Crippen molar-refractivity contribution in [1.82, 2.24) is 4.98 Å². The van der Waals surface area contributed by atoms with Crippen LogP contribution in [0.15, 0.2) is 48.8 Å². The van der Waals surface area contributed by atoms with Crippen molar-refractivity contribution < 1.29 is 4.79 Å². The molecule has 2 rings (SSSR count). The minimum Gasteiger partial charge on any atom is -0.369 e. The largest absolute Gasteiger partial charge is 0.369 e. The van der Waals surface area contributed by atoms with E-state index in [4.69, 9.17) is 0 Å². The summed E-state index contributed by atoms with van der Waals surface area (Å²) in [6.07, 6.45) is 3.21. The number of carbonyl (C=O) groups excluding carboxylic acids is 1. The summed E-state index contributed by atoms with van der Waals surface area (Å²) >= 11 is 0. The fourth-order valence-electron chi connectivity index (χ4n) is 2.28. The molecule has 4 nitrogen and oxygen atoms in total. The van der Waals surface area contributed by atoms with E-state index >= 15 is 0 Å². The first-order valence-corrected chi connectivity index (χ1v) is 7.20. The maximum atomic E-state index is 12.0. The van der Waals surface area contributed by atoms with Gasteiger partial charge in [-0.15, -0.1) is 0 Å². The van der Waals surface area contributed by atoms with Crippen LogP contribution in [0.1, 0.15) is 31.1 Å². The molecular formula is C17H21N3O. The highest BCUT2D eigenvalue weighted by molar-refractivity contribution is 6.04. The summed E-state index contributed by atoms with van der Waals surface area (Å²) < 4.78 is 0. The number of aromatic nitrogens is 1. The van der Waals surface area contributed by atoms with E-state index < -0.39 is 0 Å². The van der Waals surface area contributed by atoms with Crippen LogP contribution >= 0.6 is 0 Å². The molecule has 4 heteroatoms. The van der Waals surface area contributed by atoms with Crippen molar-refractivity contribution in [2.24, 2.45) is 0 Å².